The number of amides is 2. The highest BCUT2D eigenvalue weighted by molar-refractivity contribution is 7.97. The predicted octanol–water partition coefficient (Wildman–Crippen LogP) is 6.58. The van der Waals surface area contributed by atoms with Gasteiger partial charge in [0.05, 0.1) is 17.9 Å². The molecule has 0 radical (unpaired) electrons. The third kappa shape index (κ3) is 6.16. The van der Waals surface area contributed by atoms with Crippen LogP contribution >= 0.6 is 11.9 Å². The second-order valence-corrected chi connectivity index (χ2v) is 15.4. The number of hydrogen-bond acceptors (Lipinski definition) is 5. The van der Waals surface area contributed by atoms with Crippen molar-refractivity contribution in [3.05, 3.63) is 34.9 Å². The smallest absolute Gasteiger partial charge is 0.237 e. The van der Waals surface area contributed by atoms with Gasteiger partial charge in [-0.15, -0.1) is 0 Å². The zero-order valence-corrected chi connectivity index (χ0v) is 27.1. The van der Waals surface area contributed by atoms with Gasteiger partial charge in [-0.3, -0.25) is 14.3 Å². The topological polar surface area (TPSA) is 70.7 Å². The third-order valence-corrected chi connectivity index (χ3v) is 10.5. The molecule has 0 bridgehead atoms. The largest absolute Gasteiger partial charge is 0.493 e. The minimum absolute atomic E-state index is 0.00201. The Bertz CT molecular complexity index is 1170. The summed E-state index contributed by atoms with van der Waals surface area (Å²) in [6.07, 6.45) is 14.1. The van der Waals surface area contributed by atoms with Crippen LogP contribution in [0.4, 0.5) is 0 Å². The van der Waals surface area contributed by atoms with E-state index in [1.807, 2.05) is 20.1 Å². The minimum Gasteiger partial charge on any atom is -0.493 e. The zero-order chi connectivity index (χ0) is 29.6. The molecular weight excluding hydrogens is 530 g/mol. The first-order chi connectivity index (χ1) is 19.4. The van der Waals surface area contributed by atoms with Crippen molar-refractivity contribution in [2.75, 3.05) is 26.0 Å². The number of fused-ring (bicyclic) bond motifs is 2. The molecule has 2 amide bonds. The van der Waals surface area contributed by atoms with Crippen molar-refractivity contribution < 1.29 is 14.3 Å². The molecule has 0 aromatic heterocycles. The van der Waals surface area contributed by atoms with Crippen LogP contribution in [0, 0.1) is 17.3 Å². The molecule has 0 saturated heterocycles. The van der Waals surface area contributed by atoms with Gasteiger partial charge in [0.2, 0.25) is 11.8 Å². The lowest BCUT2D eigenvalue weighted by atomic mass is 9.79. The highest BCUT2D eigenvalue weighted by Crippen LogP contribution is 2.58. The van der Waals surface area contributed by atoms with E-state index >= 15 is 0 Å². The first-order valence-electron chi connectivity index (χ1n) is 15.8. The molecule has 1 aromatic rings. The van der Waals surface area contributed by atoms with Crippen molar-refractivity contribution in [2.24, 2.45) is 17.3 Å². The Kier molecular flexibility index (Phi) is 8.50. The van der Waals surface area contributed by atoms with Crippen LogP contribution in [0.3, 0.4) is 0 Å². The lowest BCUT2D eigenvalue weighted by Gasteiger charge is -2.36. The van der Waals surface area contributed by atoms with E-state index in [0.717, 1.165) is 25.3 Å². The summed E-state index contributed by atoms with van der Waals surface area (Å²) in [5.41, 5.74) is 4.60. The fourth-order valence-corrected chi connectivity index (χ4v) is 7.52. The lowest BCUT2D eigenvalue weighted by molar-refractivity contribution is -0.129. The van der Waals surface area contributed by atoms with Crippen molar-refractivity contribution in [1.82, 2.24) is 14.9 Å². The second-order valence-electron chi connectivity index (χ2n) is 14.7. The Morgan fingerprint density at radius 2 is 1.78 bits per heavy atom. The molecule has 2 unspecified atom stereocenters. The molecule has 2 atom stereocenters. The van der Waals surface area contributed by atoms with Crippen LogP contribution in [0.15, 0.2) is 18.2 Å². The maximum atomic E-state index is 13.7. The van der Waals surface area contributed by atoms with Crippen LogP contribution in [0.25, 0.3) is 5.70 Å². The molecule has 5 rings (SSSR count). The molecule has 2 heterocycles. The molecule has 2 N–H and O–H groups in total. The molecule has 2 aliphatic carbocycles. The molecule has 1 aromatic carbocycles. The van der Waals surface area contributed by atoms with E-state index in [9.17, 15) is 9.59 Å². The maximum absolute atomic E-state index is 13.7. The molecule has 7 heteroatoms. The van der Waals surface area contributed by atoms with Crippen LogP contribution in [0.2, 0.25) is 0 Å². The average molecular weight is 582 g/mol. The summed E-state index contributed by atoms with van der Waals surface area (Å²) >= 11 is 1.29. The van der Waals surface area contributed by atoms with Gasteiger partial charge < -0.3 is 15.0 Å². The highest BCUT2D eigenvalue weighted by atomic mass is 32.2. The van der Waals surface area contributed by atoms with Crippen LogP contribution in [0.5, 0.6) is 5.75 Å². The highest BCUT2D eigenvalue weighted by Gasteiger charge is 2.49. The summed E-state index contributed by atoms with van der Waals surface area (Å²) < 4.78 is 9.19. The van der Waals surface area contributed by atoms with Crippen molar-refractivity contribution in [1.29, 1.82) is 0 Å². The van der Waals surface area contributed by atoms with E-state index in [1.54, 1.807) is 0 Å². The van der Waals surface area contributed by atoms with Gasteiger partial charge >= 0.3 is 0 Å². The van der Waals surface area contributed by atoms with Gasteiger partial charge in [-0.1, -0.05) is 52.0 Å². The number of benzene rings is 1. The normalized spacial score (nSPS) is 24.0. The average Bonchev–Trinajstić information content (AvgIpc) is 3.63. The van der Waals surface area contributed by atoms with Gasteiger partial charge in [-0.05, 0) is 88.0 Å². The molecule has 41 heavy (non-hydrogen) atoms. The number of hydrogen-bond donors (Lipinski definition) is 2. The fourth-order valence-electron chi connectivity index (χ4n) is 7.06. The zero-order valence-electron chi connectivity index (χ0n) is 26.3. The quantitative estimate of drug-likeness (QED) is 0.340. The lowest BCUT2D eigenvalue weighted by Crippen LogP contribution is -2.46. The molecule has 226 valence electrons. The number of carbonyl (C=O) groups excluding carboxylic acids is 2. The van der Waals surface area contributed by atoms with E-state index in [1.165, 1.54) is 79.3 Å². The van der Waals surface area contributed by atoms with Gasteiger partial charge in [-0.2, -0.15) is 0 Å². The van der Waals surface area contributed by atoms with E-state index in [4.69, 9.17) is 4.74 Å². The van der Waals surface area contributed by atoms with Crippen LogP contribution in [0.1, 0.15) is 110 Å². The summed E-state index contributed by atoms with van der Waals surface area (Å²) in [6.45, 7) is 14.9. The Labute approximate surface area is 251 Å². The number of nitrogens with zero attached hydrogens (tertiary/aromatic N) is 1. The van der Waals surface area contributed by atoms with E-state index in [-0.39, 0.29) is 34.6 Å². The van der Waals surface area contributed by atoms with Crippen molar-refractivity contribution in [2.45, 2.75) is 110 Å². The van der Waals surface area contributed by atoms with E-state index < -0.39 is 5.41 Å². The van der Waals surface area contributed by atoms with Crippen molar-refractivity contribution >= 4 is 29.5 Å². The van der Waals surface area contributed by atoms with Gasteiger partial charge in [0.1, 0.15) is 5.75 Å². The number of nitrogens with one attached hydrogen (secondary N) is 2. The summed E-state index contributed by atoms with van der Waals surface area (Å²) in [5, 5.41) is 3.14. The van der Waals surface area contributed by atoms with Crippen LogP contribution in [-0.4, -0.2) is 48.7 Å². The third-order valence-electron chi connectivity index (χ3n) is 10.1. The Morgan fingerprint density at radius 1 is 1.07 bits per heavy atom. The van der Waals surface area contributed by atoms with Crippen LogP contribution in [-0.2, 0) is 20.4 Å². The summed E-state index contributed by atoms with van der Waals surface area (Å²) in [7, 11) is 0. The standard InChI is InChI=1S/C34H51N3O3S/c1-22-25(30(38)35-21-33(5,6)31(39)36-41-7)19-28(37(22)20-23-11-9-8-10-12-23)24-17-26(32(2,3)4)29-27(18-24)34(13-14-34)15-16-40-29/h17-19,22-23,25H,8-16,20-21H2,1-7H3,(H,35,38)(H,36,39). The van der Waals surface area contributed by atoms with Crippen molar-refractivity contribution in [3.63, 3.8) is 0 Å². The fraction of sp³-hybridized carbons (Fsp3) is 0.706. The van der Waals surface area contributed by atoms with Gasteiger partial charge in [0.25, 0.3) is 0 Å². The first-order valence-corrected chi connectivity index (χ1v) is 17.0. The SMILES string of the molecule is CSNC(=O)C(C)(C)CNC(=O)C1C=C(c2cc(C(C)(C)C)c3c(c2)C2(CCO3)CC2)N(CC2CCCCC2)C1C. The molecule has 1 spiro atoms. The minimum atomic E-state index is -0.687. The molecular formula is C34H51N3O3S. The summed E-state index contributed by atoms with van der Waals surface area (Å²) in [5.74, 6) is 1.43. The van der Waals surface area contributed by atoms with Gasteiger partial charge in [0.15, 0.2) is 0 Å². The molecule has 4 aliphatic rings. The van der Waals surface area contributed by atoms with Crippen LogP contribution < -0.4 is 14.8 Å². The number of carbonyl (C=O) groups is 2. The molecule has 2 saturated carbocycles. The summed E-state index contributed by atoms with van der Waals surface area (Å²) in [6, 6.07) is 4.80. The number of rotatable bonds is 8. The van der Waals surface area contributed by atoms with E-state index in [2.05, 4.69) is 60.8 Å². The Hall–Kier alpha value is -2.15. The monoisotopic (exact) mass is 581 g/mol. The predicted molar refractivity (Wildman–Crippen MR) is 169 cm³/mol. The maximum Gasteiger partial charge on any atom is 0.237 e. The molecule has 2 aliphatic heterocycles. The van der Waals surface area contributed by atoms with Gasteiger partial charge in [0, 0.05) is 47.6 Å². The number of ether oxygens (including phenoxy) is 1. The molecule has 2 fully saturated rings. The Morgan fingerprint density at radius 3 is 2.41 bits per heavy atom. The molecule has 6 nitrogen and oxygen atoms in total. The van der Waals surface area contributed by atoms with E-state index in [0.29, 0.717) is 12.5 Å². The first kappa shape index (κ1) is 30.3. The van der Waals surface area contributed by atoms with Gasteiger partial charge in [-0.25, -0.2) is 0 Å². The summed E-state index contributed by atoms with van der Waals surface area (Å²) in [4.78, 5) is 28.8. The van der Waals surface area contributed by atoms with Crippen molar-refractivity contribution in [3.8, 4) is 5.75 Å². The Balaban J connectivity index is 1.49. The second kappa shape index (κ2) is 11.5.